The number of hydrogen-bond donors (Lipinski definition) is 1. The first-order valence-corrected chi connectivity index (χ1v) is 13.6. The summed E-state index contributed by atoms with van der Waals surface area (Å²) in [4.78, 5) is 35.7. The first-order valence-electron chi connectivity index (χ1n) is 11.3. The lowest BCUT2D eigenvalue weighted by Crippen LogP contribution is -2.23. The van der Waals surface area contributed by atoms with Gasteiger partial charge < -0.3 is 4.98 Å². The van der Waals surface area contributed by atoms with E-state index in [2.05, 4.69) is 15.0 Å². The second-order valence-electron chi connectivity index (χ2n) is 8.34. The van der Waals surface area contributed by atoms with E-state index >= 15 is 8.78 Å². The molecule has 3 rings (SSSR count). The van der Waals surface area contributed by atoms with Gasteiger partial charge in [-0.1, -0.05) is 42.3 Å². The van der Waals surface area contributed by atoms with Gasteiger partial charge in [0.15, 0.2) is 5.83 Å². The third-order valence-electron chi connectivity index (χ3n) is 5.61. The number of aromatic amines is 1. The molecule has 2 atom stereocenters. The summed E-state index contributed by atoms with van der Waals surface area (Å²) in [6, 6.07) is 5.68. The minimum absolute atomic E-state index is 0.105. The molecule has 0 fully saturated rings. The van der Waals surface area contributed by atoms with Gasteiger partial charge in [-0.3, -0.25) is 23.4 Å². The van der Waals surface area contributed by atoms with Crippen LogP contribution in [0.4, 0.5) is 8.78 Å². The van der Waals surface area contributed by atoms with Crippen molar-refractivity contribution in [3.8, 4) is 0 Å². The van der Waals surface area contributed by atoms with Crippen LogP contribution in [-0.2, 0) is 17.2 Å². The van der Waals surface area contributed by atoms with Crippen LogP contribution in [0.5, 0.6) is 0 Å². The number of hydrogen-bond acceptors (Lipinski definition) is 5. The highest BCUT2D eigenvalue weighted by molar-refractivity contribution is 7.84. The van der Waals surface area contributed by atoms with Crippen LogP contribution in [-0.4, -0.2) is 30.7 Å². The molecule has 2 unspecified atom stereocenters. The van der Waals surface area contributed by atoms with Crippen LogP contribution in [0, 0.1) is 12.7 Å². The van der Waals surface area contributed by atoms with Crippen LogP contribution >= 0.6 is 23.2 Å². The van der Waals surface area contributed by atoms with Gasteiger partial charge in [0.25, 0.3) is 11.1 Å². The molecule has 200 valence electrons. The molecule has 0 saturated carbocycles. The van der Waals surface area contributed by atoms with Gasteiger partial charge in [-0.15, -0.1) is 0 Å². The van der Waals surface area contributed by atoms with Gasteiger partial charge in [0, 0.05) is 36.3 Å². The van der Waals surface area contributed by atoms with Crippen LogP contribution in [0.1, 0.15) is 42.3 Å². The van der Waals surface area contributed by atoms with E-state index in [1.807, 2.05) is 0 Å². The van der Waals surface area contributed by atoms with Crippen molar-refractivity contribution >= 4 is 45.9 Å². The van der Waals surface area contributed by atoms with Crippen LogP contribution in [0.3, 0.4) is 0 Å². The Balaban J connectivity index is 2.08. The minimum Gasteiger partial charge on any atom is -0.324 e. The fourth-order valence-corrected chi connectivity index (χ4v) is 4.85. The maximum absolute atomic E-state index is 15.6. The number of nitrogens with zero attached hydrogens (tertiary/aromatic N) is 3. The van der Waals surface area contributed by atoms with Crippen molar-refractivity contribution in [3.63, 3.8) is 0 Å². The third kappa shape index (κ3) is 6.43. The smallest absolute Gasteiger partial charge is 0.273 e. The number of nitrogens with one attached hydrogen (secondary N) is 1. The molecule has 7 nitrogen and oxygen atoms in total. The summed E-state index contributed by atoms with van der Waals surface area (Å²) < 4.78 is 43.6. The summed E-state index contributed by atoms with van der Waals surface area (Å²) >= 11 is 12.3. The monoisotopic (exact) mass is 580 g/mol. The fourth-order valence-electron chi connectivity index (χ4n) is 3.72. The van der Waals surface area contributed by atoms with Gasteiger partial charge in [-0.25, -0.2) is 13.8 Å². The molecule has 0 bridgehead atoms. The van der Waals surface area contributed by atoms with Crippen molar-refractivity contribution in [1.82, 2.24) is 14.5 Å². The third-order valence-corrected chi connectivity index (χ3v) is 7.12. The lowest BCUT2D eigenvalue weighted by atomic mass is 9.96. The number of H-pyrrole nitrogens is 1. The Morgan fingerprint density at radius 1 is 1.32 bits per heavy atom. The van der Waals surface area contributed by atoms with Gasteiger partial charge in [0.1, 0.15) is 27.4 Å². The zero-order chi connectivity index (χ0) is 28.1. The highest BCUT2D eigenvalue weighted by Crippen LogP contribution is 2.26. The number of benzene rings is 1. The van der Waals surface area contributed by atoms with Crippen LogP contribution < -0.4 is 11.1 Å². The summed E-state index contributed by atoms with van der Waals surface area (Å²) in [6.45, 7) is 4.99. The Labute approximate surface area is 230 Å². The fraction of sp³-hybridized carbons (Fsp3) is 0.231. The Kier molecular flexibility index (Phi) is 9.70. The average molecular weight is 581 g/mol. The second-order valence-corrected chi connectivity index (χ2v) is 10.5. The molecule has 1 aromatic carbocycles. The number of aliphatic imine (C=N–C) groups is 1. The van der Waals surface area contributed by atoms with Gasteiger partial charge in [0.2, 0.25) is 0 Å². The molecule has 0 aliphatic heterocycles. The maximum atomic E-state index is 15.6. The van der Waals surface area contributed by atoms with E-state index < -0.39 is 39.5 Å². The first-order chi connectivity index (χ1) is 18.0. The first kappa shape index (κ1) is 29.3. The lowest BCUT2D eigenvalue weighted by molar-refractivity contribution is 0.591. The summed E-state index contributed by atoms with van der Waals surface area (Å²) in [5, 5.41) is -0.0558. The topological polar surface area (TPSA) is 97.2 Å². The van der Waals surface area contributed by atoms with E-state index in [0.717, 1.165) is 10.8 Å². The second kappa shape index (κ2) is 12.6. The van der Waals surface area contributed by atoms with E-state index in [-0.39, 0.29) is 38.5 Å². The van der Waals surface area contributed by atoms with Crippen molar-refractivity contribution in [2.45, 2.75) is 38.0 Å². The normalized spacial score (nSPS) is 14.2. The maximum Gasteiger partial charge on any atom is 0.273 e. The number of pyridine rings is 1. The quantitative estimate of drug-likeness (QED) is 0.353. The summed E-state index contributed by atoms with van der Waals surface area (Å²) in [7, 11) is -1.66. The zero-order valence-corrected chi connectivity index (χ0v) is 23.2. The Hall–Kier alpha value is -3.21. The number of aryl methyl sites for hydroxylation is 1. The zero-order valence-electron chi connectivity index (χ0n) is 20.9. The van der Waals surface area contributed by atoms with Gasteiger partial charge in [-0.2, -0.15) is 0 Å². The van der Waals surface area contributed by atoms with E-state index in [0.29, 0.717) is 11.3 Å². The van der Waals surface area contributed by atoms with Crippen LogP contribution in [0.15, 0.2) is 68.0 Å². The van der Waals surface area contributed by atoms with Gasteiger partial charge in [0.05, 0.1) is 21.9 Å². The SMILES string of the molecule is C/C=C/N=C(/C(F)=C/n1c(C)cc(C(C)Cc2nc(Cl)c[nH]c2=O)c(Cl)c1=O)c1cccc(S(C)=O)c1F. The minimum atomic E-state index is -1.66. The Morgan fingerprint density at radius 3 is 2.68 bits per heavy atom. The molecule has 3 aromatic rings. The van der Waals surface area contributed by atoms with Crippen molar-refractivity contribution in [1.29, 1.82) is 0 Å². The standard InChI is InChI=1S/C26H24Cl2F2N4O3S/c1-5-9-31-24(16-7-6-8-20(23(16)30)38(4)37)18(29)13-34-15(3)11-17(22(28)26(34)36)14(2)10-19-25(35)32-12-21(27)33-19/h5-9,11-14H,10H2,1-4H3,(H,32,35)/b9-5+,18-13-,31-24+. The van der Waals surface area contributed by atoms with Crippen molar-refractivity contribution in [3.05, 3.63) is 108 Å². The van der Waals surface area contributed by atoms with Crippen molar-refractivity contribution in [2.24, 2.45) is 4.99 Å². The molecule has 0 aliphatic carbocycles. The molecule has 2 heterocycles. The number of allylic oxidation sites excluding steroid dienone is 2. The molecule has 38 heavy (non-hydrogen) atoms. The highest BCUT2D eigenvalue weighted by Gasteiger charge is 2.21. The molecule has 0 aliphatic rings. The molecule has 0 amide bonds. The Bertz CT molecular complexity index is 1610. The molecule has 12 heteroatoms. The molecular weight excluding hydrogens is 557 g/mol. The average Bonchev–Trinajstić information content (AvgIpc) is 2.87. The number of aromatic nitrogens is 3. The van der Waals surface area contributed by atoms with E-state index in [9.17, 15) is 13.8 Å². The molecule has 0 radical (unpaired) electrons. The summed E-state index contributed by atoms with van der Waals surface area (Å²) in [5.74, 6) is -2.29. The summed E-state index contributed by atoms with van der Waals surface area (Å²) in [5.41, 5.74) is -0.790. The predicted octanol–water partition coefficient (Wildman–Crippen LogP) is 5.56. The summed E-state index contributed by atoms with van der Waals surface area (Å²) in [6.07, 6.45) is 6.40. The Morgan fingerprint density at radius 2 is 2.03 bits per heavy atom. The number of rotatable bonds is 8. The molecule has 1 N–H and O–H groups in total. The van der Waals surface area contributed by atoms with Gasteiger partial charge in [-0.05, 0) is 43.5 Å². The van der Waals surface area contributed by atoms with Gasteiger partial charge >= 0.3 is 0 Å². The van der Waals surface area contributed by atoms with E-state index in [1.54, 1.807) is 26.8 Å². The molecular formula is C26H24Cl2F2N4O3S. The van der Waals surface area contributed by atoms with E-state index in [4.69, 9.17) is 23.2 Å². The predicted molar refractivity (Wildman–Crippen MR) is 148 cm³/mol. The van der Waals surface area contributed by atoms with Crippen molar-refractivity contribution < 1.29 is 13.0 Å². The largest absolute Gasteiger partial charge is 0.324 e. The van der Waals surface area contributed by atoms with Crippen LogP contribution in [0.2, 0.25) is 10.2 Å². The molecule has 2 aromatic heterocycles. The molecule has 0 spiro atoms. The molecule has 0 saturated heterocycles. The number of halogens is 4. The van der Waals surface area contributed by atoms with E-state index in [1.165, 1.54) is 42.9 Å². The van der Waals surface area contributed by atoms with Crippen molar-refractivity contribution in [2.75, 3.05) is 6.26 Å². The lowest BCUT2D eigenvalue weighted by Gasteiger charge is -2.16. The highest BCUT2D eigenvalue weighted by atomic mass is 35.5. The van der Waals surface area contributed by atoms with Crippen LogP contribution in [0.25, 0.3) is 6.20 Å².